The van der Waals surface area contributed by atoms with Gasteiger partial charge in [-0.1, -0.05) is 26.0 Å². The lowest BCUT2D eigenvalue weighted by Crippen LogP contribution is -2.32. The Bertz CT molecular complexity index is 557. The van der Waals surface area contributed by atoms with Crippen molar-refractivity contribution in [3.05, 3.63) is 29.8 Å². The van der Waals surface area contributed by atoms with Crippen molar-refractivity contribution in [3.63, 3.8) is 0 Å². The Morgan fingerprint density at radius 1 is 1.15 bits per heavy atom. The molecule has 20 heavy (non-hydrogen) atoms. The lowest BCUT2D eigenvalue weighted by atomic mass is 10.1. The summed E-state index contributed by atoms with van der Waals surface area (Å²) in [6.07, 6.45) is 2.10. The Morgan fingerprint density at radius 3 is 2.25 bits per heavy atom. The molecule has 110 valence electrons. The number of sulfonamides is 1. The summed E-state index contributed by atoms with van der Waals surface area (Å²) in [5, 5.41) is 8.59. The predicted molar refractivity (Wildman–Crippen MR) is 79.6 cm³/mol. The summed E-state index contributed by atoms with van der Waals surface area (Å²) in [5.74, 6) is 0.562. The normalized spacial score (nSPS) is 13.2. The van der Waals surface area contributed by atoms with Gasteiger partial charge in [-0.05, 0) is 43.4 Å². The van der Waals surface area contributed by atoms with Crippen LogP contribution in [-0.2, 0) is 16.4 Å². The molecule has 0 saturated carbocycles. The highest BCUT2D eigenvalue weighted by Gasteiger charge is 2.17. The van der Waals surface area contributed by atoms with Crippen LogP contribution in [0.3, 0.4) is 0 Å². The van der Waals surface area contributed by atoms with E-state index in [1.807, 2.05) is 13.0 Å². The molecule has 0 spiro atoms. The average molecular weight is 294 g/mol. The minimum atomic E-state index is -3.47. The maximum atomic E-state index is 12.2. The second-order valence-electron chi connectivity index (χ2n) is 5.47. The molecule has 0 amide bonds. The van der Waals surface area contributed by atoms with Crippen molar-refractivity contribution in [1.82, 2.24) is 4.72 Å². The van der Waals surface area contributed by atoms with Crippen LogP contribution < -0.4 is 4.72 Å². The number of nitrogens with zero attached hydrogens (tertiary/aromatic N) is 1. The third-order valence-corrected chi connectivity index (χ3v) is 4.66. The maximum absolute atomic E-state index is 12.2. The van der Waals surface area contributed by atoms with Crippen molar-refractivity contribution in [2.75, 3.05) is 0 Å². The van der Waals surface area contributed by atoms with E-state index >= 15 is 0 Å². The lowest BCUT2D eigenvalue weighted by molar-refractivity contribution is 0.485. The van der Waals surface area contributed by atoms with Gasteiger partial charge in [0.25, 0.3) is 0 Å². The molecule has 0 saturated heterocycles. The van der Waals surface area contributed by atoms with E-state index in [0.29, 0.717) is 12.3 Å². The fourth-order valence-corrected chi connectivity index (χ4v) is 3.13. The number of hydrogen-bond acceptors (Lipinski definition) is 3. The summed E-state index contributed by atoms with van der Waals surface area (Å²) in [6.45, 7) is 6.12. The Morgan fingerprint density at radius 2 is 1.75 bits per heavy atom. The molecule has 1 rings (SSSR count). The van der Waals surface area contributed by atoms with Gasteiger partial charge in [-0.15, -0.1) is 0 Å². The van der Waals surface area contributed by atoms with Crippen molar-refractivity contribution in [2.24, 2.45) is 5.92 Å². The molecular formula is C15H22N2O2S. The van der Waals surface area contributed by atoms with Crippen molar-refractivity contribution >= 4 is 10.0 Å². The van der Waals surface area contributed by atoms with Crippen LogP contribution in [0.4, 0.5) is 0 Å². The maximum Gasteiger partial charge on any atom is 0.240 e. The minimum absolute atomic E-state index is 0.0822. The predicted octanol–water partition coefficient (Wildman–Crippen LogP) is 2.86. The number of nitriles is 1. The standard InChI is InChI=1S/C15H22N2O2S/c1-12(2)4-5-13(3)17-20(18,19)15-8-6-14(7-9-15)10-11-16/h6-9,12-13,17H,4-5,10H2,1-3H3. The van der Waals surface area contributed by atoms with E-state index in [9.17, 15) is 8.42 Å². The van der Waals surface area contributed by atoms with Crippen molar-refractivity contribution in [3.8, 4) is 6.07 Å². The van der Waals surface area contributed by atoms with Gasteiger partial charge < -0.3 is 0 Å². The largest absolute Gasteiger partial charge is 0.240 e. The van der Waals surface area contributed by atoms with Crippen LogP contribution in [0.1, 0.15) is 39.2 Å². The highest BCUT2D eigenvalue weighted by molar-refractivity contribution is 7.89. The first-order valence-electron chi connectivity index (χ1n) is 6.83. The molecule has 0 bridgehead atoms. The van der Waals surface area contributed by atoms with Gasteiger partial charge in [0.2, 0.25) is 10.0 Å². The molecule has 1 atom stereocenters. The number of rotatable bonds is 7. The summed E-state index contributed by atoms with van der Waals surface area (Å²) < 4.78 is 27.0. The van der Waals surface area contributed by atoms with E-state index < -0.39 is 10.0 Å². The molecule has 1 N–H and O–H groups in total. The van der Waals surface area contributed by atoms with Crippen molar-refractivity contribution in [2.45, 2.75) is 51.0 Å². The molecule has 1 aromatic rings. The second kappa shape index (κ2) is 7.41. The first kappa shape index (κ1) is 16.7. The molecule has 0 fully saturated rings. The first-order chi connectivity index (χ1) is 9.35. The van der Waals surface area contributed by atoms with E-state index in [0.717, 1.165) is 18.4 Å². The highest BCUT2D eigenvalue weighted by Crippen LogP contribution is 2.13. The van der Waals surface area contributed by atoms with Crippen LogP contribution >= 0.6 is 0 Å². The lowest BCUT2D eigenvalue weighted by Gasteiger charge is -2.15. The van der Waals surface area contributed by atoms with Crippen molar-refractivity contribution < 1.29 is 8.42 Å². The number of hydrogen-bond donors (Lipinski definition) is 1. The SMILES string of the molecule is CC(C)CCC(C)NS(=O)(=O)c1ccc(CC#N)cc1. The zero-order chi connectivity index (χ0) is 15.2. The van der Waals surface area contributed by atoms with Crippen LogP contribution in [0.25, 0.3) is 0 Å². The second-order valence-corrected chi connectivity index (χ2v) is 7.19. The molecular weight excluding hydrogens is 272 g/mol. The van der Waals surface area contributed by atoms with Gasteiger partial charge in [0.05, 0.1) is 17.4 Å². The van der Waals surface area contributed by atoms with E-state index in [4.69, 9.17) is 5.26 Å². The molecule has 5 heteroatoms. The Balaban J connectivity index is 2.71. The molecule has 0 aromatic heterocycles. The van der Waals surface area contributed by atoms with Crippen molar-refractivity contribution in [1.29, 1.82) is 5.26 Å². The van der Waals surface area contributed by atoms with Crippen LogP contribution in [0.15, 0.2) is 29.2 Å². The topological polar surface area (TPSA) is 70.0 Å². The Kier molecular flexibility index (Phi) is 6.18. The van der Waals surface area contributed by atoms with Gasteiger partial charge in [0.1, 0.15) is 0 Å². The monoisotopic (exact) mass is 294 g/mol. The molecule has 0 radical (unpaired) electrons. The third kappa shape index (κ3) is 5.32. The molecule has 0 aliphatic rings. The quantitative estimate of drug-likeness (QED) is 0.840. The summed E-state index contributed by atoms with van der Waals surface area (Å²) >= 11 is 0. The average Bonchev–Trinajstić information content (AvgIpc) is 2.37. The third-order valence-electron chi connectivity index (χ3n) is 3.05. The van der Waals surface area contributed by atoms with E-state index in [1.54, 1.807) is 24.3 Å². The molecule has 1 aromatic carbocycles. The fraction of sp³-hybridized carbons (Fsp3) is 0.533. The number of nitrogens with one attached hydrogen (secondary N) is 1. The minimum Gasteiger partial charge on any atom is -0.208 e. The number of benzene rings is 1. The molecule has 0 aliphatic heterocycles. The van der Waals surface area contributed by atoms with Crippen LogP contribution in [0, 0.1) is 17.2 Å². The van der Waals surface area contributed by atoms with Gasteiger partial charge in [0.15, 0.2) is 0 Å². The van der Waals surface area contributed by atoms with Crippen LogP contribution in [0.5, 0.6) is 0 Å². The highest BCUT2D eigenvalue weighted by atomic mass is 32.2. The molecule has 0 heterocycles. The summed E-state index contributed by atoms with van der Waals surface area (Å²) in [7, 11) is -3.47. The van der Waals surface area contributed by atoms with Gasteiger partial charge in [-0.3, -0.25) is 0 Å². The Labute approximate surface area is 121 Å². The van der Waals surface area contributed by atoms with Crippen LogP contribution in [0.2, 0.25) is 0 Å². The van der Waals surface area contributed by atoms with Gasteiger partial charge >= 0.3 is 0 Å². The fourth-order valence-electron chi connectivity index (χ4n) is 1.85. The van der Waals surface area contributed by atoms with Gasteiger partial charge in [-0.25, -0.2) is 13.1 Å². The molecule has 0 aliphatic carbocycles. The van der Waals surface area contributed by atoms with E-state index in [-0.39, 0.29) is 10.9 Å². The van der Waals surface area contributed by atoms with Gasteiger partial charge in [-0.2, -0.15) is 5.26 Å². The summed E-state index contributed by atoms with van der Waals surface area (Å²) in [5.41, 5.74) is 0.819. The molecule has 4 nitrogen and oxygen atoms in total. The zero-order valence-electron chi connectivity index (χ0n) is 12.3. The van der Waals surface area contributed by atoms with Crippen LogP contribution in [-0.4, -0.2) is 14.5 Å². The zero-order valence-corrected chi connectivity index (χ0v) is 13.1. The smallest absolute Gasteiger partial charge is 0.208 e. The summed E-state index contributed by atoms with van der Waals surface area (Å²) in [6, 6.07) is 8.40. The van der Waals surface area contributed by atoms with E-state index in [2.05, 4.69) is 18.6 Å². The van der Waals surface area contributed by atoms with E-state index in [1.165, 1.54) is 0 Å². The van der Waals surface area contributed by atoms with Gasteiger partial charge in [0, 0.05) is 6.04 Å². The Hall–Kier alpha value is -1.38. The first-order valence-corrected chi connectivity index (χ1v) is 8.31. The molecule has 1 unspecified atom stereocenters. The summed E-state index contributed by atoms with van der Waals surface area (Å²) in [4.78, 5) is 0.246.